The van der Waals surface area contributed by atoms with Gasteiger partial charge in [0.15, 0.2) is 0 Å². The first kappa shape index (κ1) is 16.0. The normalized spacial score (nSPS) is 19.9. The fourth-order valence-electron chi connectivity index (χ4n) is 3.39. The minimum Gasteiger partial charge on any atom is -0.456 e. The van der Waals surface area contributed by atoms with Crippen molar-refractivity contribution < 1.29 is 18.7 Å². The average Bonchev–Trinajstić information content (AvgIpc) is 2.96. The molecule has 2 aromatic carbocycles. The van der Waals surface area contributed by atoms with Gasteiger partial charge < -0.3 is 4.74 Å². The minimum atomic E-state index is -0.623. The van der Waals surface area contributed by atoms with Crippen LogP contribution in [0.15, 0.2) is 64.3 Å². The van der Waals surface area contributed by atoms with Crippen LogP contribution >= 0.6 is 15.9 Å². The summed E-state index contributed by atoms with van der Waals surface area (Å²) in [5, 5.41) is 0. The van der Waals surface area contributed by atoms with Crippen LogP contribution in [-0.4, -0.2) is 18.5 Å². The standard InChI is InChI=1S/C19H13BrFNO3/c20-11-4-3-5-12(8-11)22-16-10-25-19(24)18(16)14(9-17(22)23)13-6-1-2-7-15(13)21/h1-8,14H,9-10H2/t14-/m0/s1. The highest BCUT2D eigenvalue weighted by Crippen LogP contribution is 2.42. The van der Waals surface area contributed by atoms with Crippen LogP contribution in [-0.2, 0) is 14.3 Å². The van der Waals surface area contributed by atoms with Crippen molar-refractivity contribution in [2.24, 2.45) is 0 Å². The molecule has 126 valence electrons. The zero-order valence-electron chi connectivity index (χ0n) is 13.0. The number of carbonyl (C=O) groups excluding carboxylic acids is 2. The summed E-state index contributed by atoms with van der Waals surface area (Å²) in [5.41, 5.74) is 1.85. The second kappa shape index (κ2) is 6.11. The molecule has 2 aromatic rings. The Morgan fingerprint density at radius 2 is 1.92 bits per heavy atom. The number of ether oxygens (including phenoxy) is 1. The Labute approximate surface area is 152 Å². The first-order chi connectivity index (χ1) is 12.1. The van der Waals surface area contributed by atoms with E-state index in [9.17, 15) is 14.0 Å². The predicted molar refractivity (Wildman–Crippen MR) is 93.4 cm³/mol. The fourth-order valence-corrected chi connectivity index (χ4v) is 3.78. The number of benzene rings is 2. The third kappa shape index (κ3) is 2.66. The number of esters is 1. The maximum absolute atomic E-state index is 14.3. The highest BCUT2D eigenvalue weighted by molar-refractivity contribution is 9.10. The molecule has 0 bridgehead atoms. The summed E-state index contributed by atoms with van der Waals surface area (Å²) >= 11 is 3.39. The van der Waals surface area contributed by atoms with Gasteiger partial charge in [0, 0.05) is 22.5 Å². The van der Waals surface area contributed by atoms with Crippen molar-refractivity contribution in [3.8, 4) is 0 Å². The summed E-state index contributed by atoms with van der Waals surface area (Å²) in [6.45, 7) is 0.0113. The Balaban J connectivity index is 1.86. The number of nitrogens with zero attached hydrogens (tertiary/aromatic N) is 1. The highest BCUT2D eigenvalue weighted by atomic mass is 79.9. The van der Waals surface area contributed by atoms with Crippen molar-refractivity contribution in [3.63, 3.8) is 0 Å². The topological polar surface area (TPSA) is 46.6 Å². The van der Waals surface area contributed by atoms with E-state index in [1.165, 1.54) is 11.0 Å². The zero-order chi connectivity index (χ0) is 17.6. The Morgan fingerprint density at radius 1 is 1.12 bits per heavy atom. The van der Waals surface area contributed by atoms with Crippen LogP contribution in [0.5, 0.6) is 0 Å². The molecule has 1 amide bonds. The van der Waals surface area contributed by atoms with Crippen molar-refractivity contribution in [1.82, 2.24) is 0 Å². The molecular formula is C19H13BrFNO3. The van der Waals surface area contributed by atoms with Crippen LogP contribution in [0.3, 0.4) is 0 Å². The van der Waals surface area contributed by atoms with E-state index < -0.39 is 17.7 Å². The van der Waals surface area contributed by atoms with E-state index in [1.54, 1.807) is 30.3 Å². The van der Waals surface area contributed by atoms with Crippen molar-refractivity contribution >= 4 is 33.5 Å². The molecule has 0 N–H and O–H groups in total. The maximum atomic E-state index is 14.3. The number of rotatable bonds is 2. The Morgan fingerprint density at radius 3 is 2.68 bits per heavy atom. The maximum Gasteiger partial charge on any atom is 0.336 e. The molecule has 0 aromatic heterocycles. The summed E-state index contributed by atoms with van der Waals surface area (Å²) in [7, 11) is 0. The van der Waals surface area contributed by atoms with Gasteiger partial charge in [0.2, 0.25) is 5.91 Å². The number of amides is 1. The third-order valence-corrected chi connectivity index (χ3v) is 4.96. The molecule has 1 atom stereocenters. The van der Waals surface area contributed by atoms with E-state index in [0.717, 1.165) is 4.47 Å². The molecule has 6 heteroatoms. The zero-order valence-corrected chi connectivity index (χ0v) is 14.6. The van der Waals surface area contributed by atoms with E-state index in [-0.39, 0.29) is 18.9 Å². The van der Waals surface area contributed by atoms with Gasteiger partial charge in [-0.25, -0.2) is 9.18 Å². The van der Waals surface area contributed by atoms with Gasteiger partial charge in [0.25, 0.3) is 0 Å². The van der Waals surface area contributed by atoms with Gasteiger partial charge >= 0.3 is 5.97 Å². The van der Waals surface area contributed by atoms with Gasteiger partial charge in [0.05, 0.1) is 11.3 Å². The number of hydrogen-bond donors (Lipinski definition) is 0. The largest absolute Gasteiger partial charge is 0.456 e. The van der Waals surface area contributed by atoms with Gasteiger partial charge in [-0.3, -0.25) is 9.69 Å². The number of hydrogen-bond acceptors (Lipinski definition) is 3. The van der Waals surface area contributed by atoms with Gasteiger partial charge in [-0.1, -0.05) is 40.2 Å². The number of cyclic esters (lactones) is 1. The predicted octanol–water partition coefficient (Wildman–Crippen LogP) is 3.92. The summed E-state index contributed by atoms with van der Waals surface area (Å²) < 4.78 is 20.3. The van der Waals surface area contributed by atoms with E-state index in [1.807, 2.05) is 12.1 Å². The van der Waals surface area contributed by atoms with Crippen LogP contribution in [0.2, 0.25) is 0 Å². The summed E-state index contributed by atoms with van der Waals surface area (Å²) in [5.74, 6) is -1.73. The molecule has 2 aliphatic rings. The van der Waals surface area contributed by atoms with Crippen molar-refractivity contribution in [2.75, 3.05) is 11.5 Å². The number of halogens is 2. The Kier molecular flexibility index (Phi) is 3.92. The average molecular weight is 402 g/mol. The van der Waals surface area contributed by atoms with Crippen LogP contribution in [0.4, 0.5) is 10.1 Å². The molecule has 0 fully saturated rings. The molecule has 4 nitrogen and oxygen atoms in total. The SMILES string of the molecule is O=C1OCC2=C1[C@H](c1ccccc1F)CC(=O)N2c1cccc(Br)c1. The smallest absolute Gasteiger partial charge is 0.336 e. The molecule has 0 aliphatic carbocycles. The lowest BCUT2D eigenvalue weighted by Crippen LogP contribution is -2.37. The van der Waals surface area contributed by atoms with Gasteiger partial charge in [0.1, 0.15) is 12.4 Å². The molecule has 0 unspecified atom stereocenters. The lowest BCUT2D eigenvalue weighted by atomic mass is 9.84. The highest BCUT2D eigenvalue weighted by Gasteiger charge is 2.43. The minimum absolute atomic E-state index is 0.0113. The molecule has 25 heavy (non-hydrogen) atoms. The fraction of sp³-hybridized carbons (Fsp3) is 0.158. The molecule has 2 heterocycles. The van der Waals surface area contributed by atoms with E-state index in [4.69, 9.17) is 4.74 Å². The number of carbonyl (C=O) groups is 2. The van der Waals surface area contributed by atoms with Crippen LogP contribution in [0, 0.1) is 5.82 Å². The quantitative estimate of drug-likeness (QED) is 0.716. The summed E-state index contributed by atoms with van der Waals surface area (Å²) in [6, 6.07) is 13.5. The lowest BCUT2D eigenvalue weighted by molar-refractivity contribution is -0.136. The van der Waals surface area contributed by atoms with E-state index in [2.05, 4.69) is 15.9 Å². The van der Waals surface area contributed by atoms with Crippen molar-refractivity contribution in [2.45, 2.75) is 12.3 Å². The molecule has 0 saturated carbocycles. The van der Waals surface area contributed by atoms with Gasteiger partial charge in [-0.05, 0) is 29.8 Å². The second-order valence-electron chi connectivity index (χ2n) is 5.92. The summed E-state index contributed by atoms with van der Waals surface area (Å²) in [4.78, 5) is 26.6. The van der Waals surface area contributed by atoms with Crippen molar-refractivity contribution in [1.29, 1.82) is 0 Å². The second-order valence-corrected chi connectivity index (χ2v) is 6.84. The molecule has 0 radical (unpaired) electrons. The molecule has 0 spiro atoms. The van der Waals surface area contributed by atoms with Crippen LogP contribution in [0.25, 0.3) is 0 Å². The van der Waals surface area contributed by atoms with Crippen LogP contribution < -0.4 is 4.90 Å². The Bertz CT molecular complexity index is 924. The van der Waals surface area contributed by atoms with E-state index in [0.29, 0.717) is 22.5 Å². The van der Waals surface area contributed by atoms with E-state index >= 15 is 0 Å². The summed E-state index contributed by atoms with van der Waals surface area (Å²) in [6.07, 6.45) is 0.0153. The molecule has 0 saturated heterocycles. The third-order valence-electron chi connectivity index (χ3n) is 4.46. The molecule has 4 rings (SSSR count). The number of anilines is 1. The van der Waals surface area contributed by atoms with Crippen LogP contribution in [0.1, 0.15) is 17.9 Å². The Hall–Kier alpha value is -2.47. The van der Waals surface area contributed by atoms with Crippen molar-refractivity contribution in [3.05, 3.63) is 75.7 Å². The first-order valence-electron chi connectivity index (χ1n) is 7.79. The monoisotopic (exact) mass is 401 g/mol. The van der Waals surface area contributed by atoms with Gasteiger partial charge in [-0.15, -0.1) is 0 Å². The molecule has 2 aliphatic heterocycles. The molecular weight excluding hydrogens is 389 g/mol. The lowest BCUT2D eigenvalue weighted by Gasteiger charge is -2.32. The van der Waals surface area contributed by atoms with Gasteiger partial charge in [-0.2, -0.15) is 0 Å². The first-order valence-corrected chi connectivity index (χ1v) is 8.58.